The number of benzene rings is 1. The molecule has 0 radical (unpaired) electrons. The van der Waals surface area contributed by atoms with Crippen LogP contribution in [0.15, 0.2) is 42.6 Å². The highest BCUT2D eigenvalue weighted by Gasteiger charge is 2.30. The molecule has 1 aromatic carbocycles. The van der Waals surface area contributed by atoms with Crippen molar-refractivity contribution in [3.63, 3.8) is 0 Å². The lowest BCUT2D eigenvalue weighted by Crippen LogP contribution is -2.35. The smallest absolute Gasteiger partial charge is 0.274 e. The second kappa shape index (κ2) is 8.44. The van der Waals surface area contributed by atoms with Crippen LogP contribution in [-0.4, -0.2) is 54.8 Å². The third kappa shape index (κ3) is 4.28. The quantitative estimate of drug-likeness (QED) is 0.550. The van der Waals surface area contributed by atoms with Crippen LogP contribution in [0.1, 0.15) is 16.1 Å². The zero-order chi connectivity index (χ0) is 22.0. The first-order chi connectivity index (χ1) is 14.9. The summed E-state index contributed by atoms with van der Waals surface area (Å²) in [6, 6.07) is 8.78. The molecule has 2 aromatic heterocycles. The van der Waals surface area contributed by atoms with E-state index in [4.69, 9.17) is 0 Å². The molecule has 0 saturated carbocycles. The predicted molar refractivity (Wildman–Crippen MR) is 113 cm³/mol. The van der Waals surface area contributed by atoms with E-state index in [-0.39, 0.29) is 35.9 Å². The van der Waals surface area contributed by atoms with Gasteiger partial charge in [-0.05, 0) is 29.8 Å². The molecule has 31 heavy (non-hydrogen) atoms. The lowest BCUT2D eigenvalue weighted by Gasteiger charge is -2.23. The molecule has 3 aromatic rings. The van der Waals surface area contributed by atoms with Gasteiger partial charge in [-0.1, -0.05) is 12.1 Å². The Morgan fingerprint density at radius 1 is 1.23 bits per heavy atom. The number of sulfonamides is 1. The van der Waals surface area contributed by atoms with Gasteiger partial charge in [0.2, 0.25) is 10.0 Å². The molecule has 9 nitrogen and oxygen atoms in total. The van der Waals surface area contributed by atoms with Crippen LogP contribution in [0.2, 0.25) is 0 Å². The first-order valence-electron chi connectivity index (χ1n) is 9.58. The maximum atomic E-state index is 13.1. The summed E-state index contributed by atoms with van der Waals surface area (Å²) in [5.41, 5.74) is 0.386. The second-order valence-corrected chi connectivity index (χ2v) is 8.99. The number of carbonyl (C=O) groups excluding carboxylic acids is 1. The number of halogens is 1. The van der Waals surface area contributed by atoms with E-state index in [1.54, 1.807) is 12.1 Å². The highest BCUT2D eigenvalue weighted by molar-refractivity contribution is 7.92. The van der Waals surface area contributed by atoms with Crippen LogP contribution in [0, 0.1) is 5.82 Å². The number of anilines is 1. The Morgan fingerprint density at radius 3 is 2.77 bits per heavy atom. The Kier molecular flexibility index (Phi) is 5.70. The van der Waals surface area contributed by atoms with Gasteiger partial charge in [-0.15, -0.1) is 0 Å². The molecule has 3 heterocycles. The van der Waals surface area contributed by atoms with E-state index in [0.717, 1.165) is 4.31 Å². The summed E-state index contributed by atoms with van der Waals surface area (Å²) >= 11 is 0. The molecule has 1 aliphatic rings. The molecule has 11 heteroatoms. The molecule has 0 aliphatic carbocycles. The van der Waals surface area contributed by atoms with Gasteiger partial charge in [-0.25, -0.2) is 17.8 Å². The van der Waals surface area contributed by atoms with Gasteiger partial charge in [0.15, 0.2) is 17.3 Å². The lowest BCUT2D eigenvalue weighted by molar-refractivity contribution is 0.0943. The summed E-state index contributed by atoms with van der Waals surface area (Å²) in [5.74, 6) is -1.63. The van der Waals surface area contributed by atoms with Gasteiger partial charge in [-0.3, -0.25) is 14.1 Å². The zero-order valence-electron chi connectivity index (χ0n) is 16.4. The monoisotopic (exact) mass is 445 g/mol. The van der Waals surface area contributed by atoms with Crippen LogP contribution in [0.5, 0.6) is 5.75 Å². The average Bonchev–Trinajstić information content (AvgIpc) is 2.94. The summed E-state index contributed by atoms with van der Waals surface area (Å²) in [7, 11) is -3.69. The summed E-state index contributed by atoms with van der Waals surface area (Å²) in [6.07, 6.45) is 1.44. The fourth-order valence-electron chi connectivity index (χ4n) is 3.32. The first-order valence-corrected chi connectivity index (χ1v) is 11.2. The number of aromatic nitrogens is 2. The number of nitrogens with zero attached hydrogens (tertiary/aromatic N) is 3. The number of pyridine rings is 2. The summed E-state index contributed by atoms with van der Waals surface area (Å²) < 4.78 is 39.8. The molecule has 0 atom stereocenters. The van der Waals surface area contributed by atoms with E-state index in [0.29, 0.717) is 24.0 Å². The van der Waals surface area contributed by atoms with E-state index in [1.807, 2.05) is 0 Å². The predicted octanol–water partition coefficient (Wildman–Crippen LogP) is 1.14. The number of aromatic hydroxyl groups is 1. The molecule has 4 rings (SSSR count). The topological polar surface area (TPSA) is 125 Å². The molecule has 0 bridgehead atoms. The minimum absolute atomic E-state index is 0.0385. The van der Waals surface area contributed by atoms with Gasteiger partial charge < -0.3 is 15.7 Å². The molecule has 1 aliphatic heterocycles. The summed E-state index contributed by atoms with van der Waals surface area (Å²) in [4.78, 5) is 21.2. The van der Waals surface area contributed by atoms with Crippen molar-refractivity contribution < 1.29 is 22.7 Å². The molecule has 162 valence electrons. The first kappa shape index (κ1) is 20.9. The van der Waals surface area contributed by atoms with Gasteiger partial charge in [-0.2, -0.15) is 0 Å². The molecule has 1 amide bonds. The summed E-state index contributed by atoms with van der Waals surface area (Å²) in [5, 5.41) is 16.6. The van der Waals surface area contributed by atoms with Crippen molar-refractivity contribution in [3.8, 4) is 5.75 Å². The van der Waals surface area contributed by atoms with Crippen molar-refractivity contribution in [2.45, 2.75) is 6.54 Å². The minimum Gasteiger partial charge on any atom is -0.504 e. The van der Waals surface area contributed by atoms with Crippen LogP contribution in [0.4, 0.5) is 10.2 Å². The maximum absolute atomic E-state index is 13.1. The average molecular weight is 445 g/mol. The van der Waals surface area contributed by atoms with Gasteiger partial charge in [0.1, 0.15) is 11.3 Å². The maximum Gasteiger partial charge on any atom is 0.274 e. The standard InChI is InChI=1S/C20H20FN5O4S/c21-14-5-3-13(4-6-14)12-24-20(28)17-18(27)16-15(2-1-7-23-16)19(25-17)26-10-8-22-9-11-31(26,29)30/h1-7,22,27H,8-12H2,(H,24,28). The summed E-state index contributed by atoms with van der Waals surface area (Å²) in [6.45, 7) is 0.913. The van der Waals surface area contributed by atoms with Crippen LogP contribution in [0.3, 0.4) is 0 Å². The van der Waals surface area contributed by atoms with Crippen molar-refractivity contribution in [2.24, 2.45) is 0 Å². The number of fused-ring (bicyclic) bond motifs is 1. The van der Waals surface area contributed by atoms with Crippen molar-refractivity contribution in [1.82, 2.24) is 20.6 Å². The Balaban J connectivity index is 1.74. The largest absolute Gasteiger partial charge is 0.504 e. The number of hydrogen-bond acceptors (Lipinski definition) is 7. The minimum atomic E-state index is -3.69. The molecular weight excluding hydrogens is 425 g/mol. The van der Waals surface area contributed by atoms with Crippen LogP contribution >= 0.6 is 0 Å². The Morgan fingerprint density at radius 2 is 2.00 bits per heavy atom. The number of hydrogen-bond donors (Lipinski definition) is 3. The van der Waals surface area contributed by atoms with Gasteiger partial charge >= 0.3 is 0 Å². The Hall–Kier alpha value is -3.31. The van der Waals surface area contributed by atoms with Gasteiger partial charge in [0.05, 0.1) is 5.75 Å². The van der Waals surface area contributed by atoms with E-state index in [9.17, 15) is 22.7 Å². The normalized spacial score (nSPS) is 16.1. The molecule has 0 spiro atoms. The molecule has 1 saturated heterocycles. The molecule has 1 fully saturated rings. The van der Waals surface area contributed by atoms with Crippen LogP contribution in [0.25, 0.3) is 10.9 Å². The van der Waals surface area contributed by atoms with E-state index in [2.05, 4.69) is 20.6 Å². The number of amides is 1. The van der Waals surface area contributed by atoms with E-state index in [1.165, 1.54) is 30.5 Å². The molecular formula is C20H20FN5O4S. The third-order valence-electron chi connectivity index (χ3n) is 4.90. The third-order valence-corrected chi connectivity index (χ3v) is 6.64. The van der Waals surface area contributed by atoms with Crippen LogP contribution < -0.4 is 14.9 Å². The number of rotatable bonds is 4. The van der Waals surface area contributed by atoms with Crippen molar-refractivity contribution in [3.05, 3.63) is 59.7 Å². The molecule has 3 N–H and O–H groups in total. The van der Waals surface area contributed by atoms with E-state index < -0.39 is 27.5 Å². The van der Waals surface area contributed by atoms with Gasteiger partial charge in [0, 0.05) is 37.8 Å². The second-order valence-electron chi connectivity index (χ2n) is 6.98. The highest BCUT2D eigenvalue weighted by atomic mass is 32.2. The SMILES string of the molecule is O=C(NCc1ccc(F)cc1)c1nc(N2CCNCCS2(=O)=O)c2cccnc2c1O. The molecule has 0 unspecified atom stereocenters. The number of nitrogens with one attached hydrogen (secondary N) is 2. The Labute approximate surface area is 178 Å². The fraction of sp³-hybridized carbons (Fsp3) is 0.250. The lowest BCUT2D eigenvalue weighted by atomic mass is 10.2. The highest BCUT2D eigenvalue weighted by Crippen LogP contribution is 2.33. The fourth-order valence-corrected chi connectivity index (χ4v) is 4.71. The van der Waals surface area contributed by atoms with E-state index >= 15 is 0 Å². The van der Waals surface area contributed by atoms with Crippen molar-refractivity contribution >= 4 is 32.7 Å². The zero-order valence-corrected chi connectivity index (χ0v) is 17.2. The van der Waals surface area contributed by atoms with Crippen LogP contribution in [-0.2, 0) is 16.6 Å². The van der Waals surface area contributed by atoms with Crippen molar-refractivity contribution in [2.75, 3.05) is 29.7 Å². The Bertz CT molecular complexity index is 1230. The number of carbonyl (C=O) groups is 1. The van der Waals surface area contributed by atoms with Gasteiger partial charge in [0.25, 0.3) is 5.91 Å². The van der Waals surface area contributed by atoms with Crippen molar-refractivity contribution in [1.29, 1.82) is 0 Å².